The molecule has 1 aromatic carbocycles. The van der Waals surface area contributed by atoms with Gasteiger partial charge in [0.25, 0.3) is 11.8 Å². The Morgan fingerprint density at radius 2 is 1.64 bits per heavy atom. The van der Waals surface area contributed by atoms with E-state index in [1.807, 2.05) is 34.8 Å². The predicted octanol–water partition coefficient (Wildman–Crippen LogP) is 3.88. The zero-order valence-corrected chi connectivity index (χ0v) is 33.7. The number of benzene rings is 1. The maximum absolute atomic E-state index is 16.2. The molecule has 1 atom stereocenters. The van der Waals surface area contributed by atoms with Gasteiger partial charge in [-0.3, -0.25) is 39.0 Å². The molecule has 0 bridgehead atoms. The third-order valence-corrected chi connectivity index (χ3v) is 11.8. The van der Waals surface area contributed by atoms with E-state index in [1.54, 1.807) is 25.6 Å². The molecule has 5 aliphatic rings. The Hall–Kier alpha value is -5.82. The summed E-state index contributed by atoms with van der Waals surface area (Å²) in [5.74, 6) is -6.72. The molecule has 0 saturated carbocycles. The smallest absolute Gasteiger partial charge is 0.265 e. The lowest BCUT2D eigenvalue weighted by molar-refractivity contribution is -0.136. The normalized spacial score (nSPS) is 26.2. The molecule has 4 saturated heterocycles. The number of pyridine rings is 1. The van der Waals surface area contributed by atoms with Crippen LogP contribution in [0.15, 0.2) is 30.6 Å². The van der Waals surface area contributed by atoms with E-state index in [4.69, 9.17) is 25.8 Å². The van der Waals surface area contributed by atoms with Gasteiger partial charge in [0.2, 0.25) is 17.8 Å². The van der Waals surface area contributed by atoms with Gasteiger partial charge in [-0.1, -0.05) is 0 Å². The average molecular weight is 849 g/mol. The largest absolute Gasteiger partial charge is 0.381 e. The van der Waals surface area contributed by atoms with Crippen molar-refractivity contribution in [2.24, 2.45) is 5.92 Å². The number of hydrogen-bond donors (Lipinski definition) is 2. The van der Waals surface area contributed by atoms with Crippen molar-refractivity contribution in [1.29, 1.82) is 0 Å². The van der Waals surface area contributed by atoms with Gasteiger partial charge < -0.3 is 24.8 Å². The maximum atomic E-state index is 16.2. The Balaban J connectivity index is 0.923. The van der Waals surface area contributed by atoms with Crippen LogP contribution in [0.5, 0.6) is 0 Å². The Labute approximate surface area is 362 Å². The second-order valence-electron chi connectivity index (χ2n) is 16.0. The summed E-state index contributed by atoms with van der Waals surface area (Å²) < 4.78 is 112. The number of halogens is 2. The predicted molar refractivity (Wildman–Crippen MR) is 222 cm³/mol. The van der Waals surface area contributed by atoms with Gasteiger partial charge in [0.15, 0.2) is 17.5 Å². The summed E-state index contributed by atoms with van der Waals surface area (Å²) in [6.45, 7) is -8.42. The molecule has 0 spiro atoms. The van der Waals surface area contributed by atoms with Crippen LogP contribution in [-0.2, 0) is 14.3 Å². The molecule has 0 aliphatic carbocycles. The van der Waals surface area contributed by atoms with Gasteiger partial charge in [0, 0.05) is 102 Å². The first-order valence-corrected chi connectivity index (χ1v) is 20.3. The second-order valence-corrected chi connectivity index (χ2v) is 16.0. The van der Waals surface area contributed by atoms with Crippen molar-refractivity contribution < 1.29 is 43.7 Å². The number of anilines is 5. The van der Waals surface area contributed by atoms with E-state index in [2.05, 4.69) is 20.2 Å². The topological polar surface area (TPSA) is 174 Å². The monoisotopic (exact) mass is 848 g/mol. The van der Waals surface area contributed by atoms with Crippen LogP contribution < -0.4 is 25.3 Å². The van der Waals surface area contributed by atoms with Gasteiger partial charge in [-0.2, -0.15) is 10.1 Å². The quantitative estimate of drug-likeness (QED) is 0.220. The summed E-state index contributed by atoms with van der Waals surface area (Å²) in [5, 5.41) is 11.0. The van der Waals surface area contributed by atoms with E-state index in [-0.39, 0.29) is 29.9 Å². The molecule has 3 aromatic heterocycles. The summed E-state index contributed by atoms with van der Waals surface area (Å²) in [7, 11) is 1.72. The van der Waals surface area contributed by atoms with Crippen molar-refractivity contribution >= 4 is 63.6 Å². The number of methoxy groups -OCH3 is 1. The molecular weight excluding hydrogens is 791 g/mol. The molecule has 8 heterocycles. The third kappa shape index (κ3) is 7.73. The lowest BCUT2D eigenvalue weighted by Crippen LogP contribution is -2.54. The van der Waals surface area contributed by atoms with Gasteiger partial charge in [-0.05, 0) is 64.0 Å². The van der Waals surface area contributed by atoms with E-state index >= 15 is 8.78 Å². The highest BCUT2D eigenvalue weighted by atomic mass is 19.2. The molecule has 322 valence electrons. The van der Waals surface area contributed by atoms with E-state index in [0.717, 1.165) is 36.8 Å². The number of imide groups is 2. The van der Waals surface area contributed by atoms with Gasteiger partial charge in [-0.15, -0.1) is 0 Å². The van der Waals surface area contributed by atoms with Crippen LogP contribution in [0.1, 0.15) is 90.1 Å². The number of nitrogens with one attached hydrogen (secondary N) is 2. The fourth-order valence-corrected chi connectivity index (χ4v) is 8.49. The van der Waals surface area contributed by atoms with Crippen molar-refractivity contribution in [1.82, 2.24) is 39.8 Å². The number of fused-ring (bicyclic) bond motifs is 2. The van der Waals surface area contributed by atoms with Crippen LogP contribution in [0.25, 0.3) is 10.9 Å². The van der Waals surface area contributed by atoms with Crippen LogP contribution in [0.3, 0.4) is 0 Å². The molecule has 5 aliphatic heterocycles. The summed E-state index contributed by atoms with van der Waals surface area (Å²) in [5.41, 5.74) is -2.59. The van der Waals surface area contributed by atoms with Gasteiger partial charge in [0.1, 0.15) is 17.7 Å². The van der Waals surface area contributed by atoms with Gasteiger partial charge in [-0.25, -0.2) is 18.7 Å². The van der Waals surface area contributed by atoms with Crippen LogP contribution in [0, 0.1) is 17.6 Å². The van der Waals surface area contributed by atoms with E-state index in [9.17, 15) is 19.2 Å². The molecule has 61 heavy (non-hydrogen) atoms. The number of piperidine rings is 3. The van der Waals surface area contributed by atoms with E-state index in [1.165, 1.54) is 0 Å². The Morgan fingerprint density at radius 3 is 2.34 bits per heavy atom. The summed E-state index contributed by atoms with van der Waals surface area (Å²) in [6, 6.07) is 2.47. The fourth-order valence-electron chi connectivity index (χ4n) is 8.49. The number of piperazine rings is 1. The maximum Gasteiger partial charge on any atom is 0.265 e. The van der Waals surface area contributed by atoms with Crippen LogP contribution in [0.2, 0.25) is 0 Å². The van der Waals surface area contributed by atoms with Crippen molar-refractivity contribution in [2.75, 3.05) is 85.8 Å². The number of amides is 4. The first-order chi connectivity index (χ1) is 32.5. The molecule has 0 radical (unpaired) electrons. The Bertz CT molecular complexity index is 2720. The number of carbonyl (C=O) groups excluding carboxylic acids is 4. The molecule has 19 heteroatoms. The minimum atomic E-state index is -3.65. The first-order valence-electron chi connectivity index (χ1n) is 24.3. The van der Waals surface area contributed by atoms with Crippen molar-refractivity contribution in [2.45, 2.75) is 70.6 Å². The zero-order valence-electron chi connectivity index (χ0n) is 41.7. The standard InChI is InChI=1S/C42H50F2N12O5/c1-24(2)56-30-21-33(47-32-6-11-45-42(48-32)54-14-9-26(61-3)10-15-54)46-22-28(30)38(50-56)53-12-7-25(8-13-53)23-51-16-18-52(19-17-51)31-20-27-35(37(44)36(31)43)41(60)55(40(27)59)29-4-5-34(57)49-39(29)58/h6,11,20-22,24-26,29H,4-5,7-10,12-19,23H2,1-3H3,(H,49,57,58)(H,45,46,47,48)/i16D2,17D2,18D2,19D2. The van der Waals surface area contributed by atoms with E-state index < -0.39 is 96.6 Å². The number of rotatable bonds is 10. The number of aromatic nitrogens is 5. The summed E-state index contributed by atoms with van der Waals surface area (Å²) in [6.07, 6.45) is 5.42. The number of ether oxygens (including phenoxy) is 1. The molecule has 1 unspecified atom stereocenters. The zero-order chi connectivity index (χ0) is 49.7. The fraction of sp³-hybridized carbons (Fsp3) is 0.524. The van der Waals surface area contributed by atoms with Crippen LogP contribution >= 0.6 is 0 Å². The first kappa shape index (κ1) is 32.0. The molecule has 9 rings (SSSR count). The SMILES string of the molecule is [2H]C1([2H])N(CC2CCN(c3nn(C(C)C)c4cc(Nc5ccnc(N6CCC(OC)CC6)n5)ncc34)CC2)C([2H])([2H])C([2H])([2H])N(c2cc3c(c(F)c2F)C(=O)N(C2CCC(=O)NC2=O)C3=O)C1([2H])[2H]. The lowest BCUT2D eigenvalue weighted by Gasteiger charge is -2.39. The highest BCUT2D eigenvalue weighted by Crippen LogP contribution is 2.37. The highest BCUT2D eigenvalue weighted by Gasteiger charge is 2.47. The molecule has 4 aromatic rings. The van der Waals surface area contributed by atoms with Gasteiger partial charge in [0.05, 0.1) is 39.3 Å². The molecule has 17 nitrogen and oxygen atoms in total. The second kappa shape index (κ2) is 16.6. The highest BCUT2D eigenvalue weighted by molar-refractivity contribution is 6.24. The average Bonchev–Trinajstić information content (AvgIpc) is 3.80. The van der Waals surface area contributed by atoms with E-state index in [0.29, 0.717) is 65.2 Å². The number of hydrogen-bond acceptors (Lipinski definition) is 14. The molecular formula is C42H50F2N12O5. The summed E-state index contributed by atoms with van der Waals surface area (Å²) in [4.78, 5) is 69.8. The van der Waals surface area contributed by atoms with Crippen molar-refractivity contribution in [3.05, 3.63) is 53.4 Å². The lowest BCUT2D eigenvalue weighted by atomic mass is 9.95. The minimum Gasteiger partial charge on any atom is -0.381 e. The van der Waals surface area contributed by atoms with Crippen LogP contribution in [0.4, 0.5) is 37.9 Å². The minimum absolute atomic E-state index is 0.0554. The Morgan fingerprint density at radius 1 is 0.902 bits per heavy atom. The van der Waals surface area contributed by atoms with Gasteiger partial charge >= 0.3 is 0 Å². The number of carbonyl (C=O) groups is 4. The molecule has 2 N–H and O–H groups in total. The van der Waals surface area contributed by atoms with Crippen LogP contribution in [-0.4, -0.2) is 136 Å². The van der Waals surface area contributed by atoms with Crippen molar-refractivity contribution in [3.8, 4) is 0 Å². The number of nitrogens with zero attached hydrogens (tertiary/aromatic N) is 10. The summed E-state index contributed by atoms with van der Waals surface area (Å²) >= 11 is 0. The molecule has 4 amide bonds. The third-order valence-electron chi connectivity index (χ3n) is 11.8. The molecule has 4 fully saturated rings. The van der Waals surface area contributed by atoms with Crippen molar-refractivity contribution in [3.63, 3.8) is 0 Å². The Kier molecular flexibility index (Phi) is 8.68.